The van der Waals surface area contributed by atoms with Crippen LogP contribution < -0.4 is 14.5 Å². The van der Waals surface area contributed by atoms with Crippen LogP contribution in [0.3, 0.4) is 0 Å². The van der Waals surface area contributed by atoms with Gasteiger partial charge < -0.3 is 18.9 Å². The number of carbonyl (C=O) groups is 1. The summed E-state index contributed by atoms with van der Waals surface area (Å²) in [5, 5.41) is 1.87. The van der Waals surface area contributed by atoms with Crippen molar-refractivity contribution >= 4 is 11.5 Å². The highest BCUT2D eigenvalue weighted by molar-refractivity contribution is 5.88. The van der Waals surface area contributed by atoms with Crippen LogP contribution in [0.2, 0.25) is 0 Å². The van der Waals surface area contributed by atoms with Gasteiger partial charge in [-0.3, -0.25) is 9.63 Å². The lowest BCUT2D eigenvalue weighted by Crippen LogP contribution is -2.46. The summed E-state index contributed by atoms with van der Waals surface area (Å²) in [6.07, 6.45) is -1.43. The van der Waals surface area contributed by atoms with E-state index >= 15 is 0 Å². The summed E-state index contributed by atoms with van der Waals surface area (Å²) >= 11 is 0. The van der Waals surface area contributed by atoms with Crippen molar-refractivity contribution in [2.24, 2.45) is 5.92 Å². The molecular formula is C26H21NO6. The summed E-state index contributed by atoms with van der Waals surface area (Å²) in [7, 11) is 0. The molecule has 0 saturated carbocycles. The van der Waals surface area contributed by atoms with Gasteiger partial charge in [-0.25, -0.2) is 5.06 Å². The van der Waals surface area contributed by atoms with Crippen LogP contribution in [0, 0.1) is 5.92 Å². The Labute approximate surface area is 190 Å². The molecule has 0 amide bonds. The van der Waals surface area contributed by atoms with Crippen molar-refractivity contribution in [3.8, 4) is 22.6 Å². The number of ether oxygens (including phenoxy) is 4. The van der Waals surface area contributed by atoms with Crippen LogP contribution in [0.25, 0.3) is 11.1 Å². The molecule has 7 heteroatoms. The highest BCUT2D eigenvalue weighted by Crippen LogP contribution is 2.48. The summed E-state index contributed by atoms with van der Waals surface area (Å²) < 4.78 is 22.3. The molecule has 4 heterocycles. The normalized spacial score (nSPS) is 29.4. The molecule has 0 N–H and O–H groups in total. The molecule has 7 rings (SSSR count). The molecule has 0 unspecified atom stereocenters. The molecular weight excluding hydrogens is 422 g/mol. The van der Waals surface area contributed by atoms with E-state index in [2.05, 4.69) is 24.3 Å². The van der Waals surface area contributed by atoms with Gasteiger partial charge in [0, 0.05) is 0 Å². The second-order valence-corrected chi connectivity index (χ2v) is 8.63. The summed E-state index contributed by atoms with van der Waals surface area (Å²) in [6.45, 7) is 0.622. The smallest absolute Gasteiger partial charge is 0.231 e. The summed E-state index contributed by atoms with van der Waals surface area (Å²) in [5.74, 6) is 1.09. The van der Waals surface area contributed by atoms with Gasteiger partial charge in [-0.2, -0.15) is 0 Å². The highest BCUT2D eigenvalue weighted by Gasteiger charge is 2.59. The highest BCUT2D eigenvalue weighted by atomic mass is 16.8. The molecule has 4 aliphatic rings. The second-order valence-electron chi connectivity index (χ2n) is 8.63. The number of hydroxylamine groups is 1. The van der Waals surface area contributed by atoms with E-state index in [-0.39, 0.29) is 36.7 Å². The largest absolute Gasteiger partial charge is 0.454 e. The first-order valence-corrected chi connectivity index (χ1v) is 11.1. The predicted octanol–water partition coefficient (Wildman–Crippen LogP) is 3.88. The van der Waals surface area contributed by atoms with E-state index in [1.165, 1.54) is 0 Å². The van der Waals surface area contributed by atoms with E-state index in [4.69, 9.17) is 23.8 Å². The molecule has 166 valence electrons. The number of para-hydroxylation sites is 1. The molecule has 0 aliphatic carbocycles. The maximum Gasteiger partial charge on any atom is 0.231 e. The third-order valence-electron chi connectivity index (χ3n) is 6.79. The van der Waals surface area contributed by atoms with E-state index in [9.17, 15) is 4.79 Å². The molecule has 3 saturated heterocycles. The molecule has 33 heavy (non-hydrogen) atoms. The average molecular weight is 443 g/mol. The quantitative estimate of drug-likeness (QED) is 0.609. The van der Waals surface area contributed by atoms with Crippen molar-refractivity contribution in [3.05, 3.63) is 78.4 Å². The number of ketones is 1. The molecule has 7 nitrogen and oxygen atoms in total. The van der Waals surface area contributed by atoms with E-state index < -0.39 is 6.29 Å². The zero-order valence-electron chi connectivity index (χ0n) is 17.6. The van der Waals surface area contributed by atoms with Gasteiger partial charge in [-0.15, -0.1) is 0 Å². The van der Waals surface area contributed by atoms with E-state index in [1.807, 2.05) is 53.6 Å². The maximum atomic E-state index is 13.2. The van der Waals surface area contributed by atoms with Crippen molar-refractivity contribution in [1.82, 2.24) is 0 Å². The Bertz CT molecular complexity index is 1210. The Balaban J connectivity index is 1.27. The van der Waals surface area contributed by atoms with Crippen LogP contribution in [0.5, 0.6) is 11.5 Å². The number of hydrogen-bond donors (Lipinski definition) is 0. The molecule has 3 aromatic carbocycles. The Kier molecular flexibility index (Phi) is 4.24. The van der Waals surface area contributed by atoms with Gasteiger partial charge in [0.15, 0.2) is 17.3 Å². The third-order valence-corrected chi connectivity index (χ3v) is 6.79. The third kappa shape index (κ3) is 2.97. The van der Waals surface area contributed by atoms with Gasteiger partial charge >= 0.3 is 0 Å². The minimum absolute atomic E-state index is 0.0583. The molecule has 0 radical (unpaired) electrons. The van der Waals surface area contributed by atoms with Gasteiger partial charge in [0.05, 0.1) is 24.3 Å². The topological polar surface area (TPSA) is 66.5 Å². The van der Waals surface area contributed by atoms with Crippen LogP contribution in [-0.4, -0.2) is 37.7 Å². The predicted molar refractivity (Wildman–Crippen MR) is 118 cm³/mol. The maximum absolute atomic E-state index is 13.2. The van der Waals surface area contributed by atoms with Gasteiger partial charge in [-0.1, -0.05) is 48.5 Å². The van der Waals surface area contributed by atoms with Crippen molar-refractivity contribution in [2.75, 3.05) is 18.5 Å². The Morgan fingerprint density at radius 1 is 0.848 bits per heavy atom. The summed E-state index contributed by atoms with van der Waals surface area (Å²) in [6, 6.07) is 23.8. The molecule has 3 fully saturated rings. The van der Waals surface area contributed by atoms with Gasteiger partial charge in [0.1, 0.15) is 12.2 Å². The number of carbonyl (C=O) groups excluding carboxylic acids is 1. The SMILES string of the molecule is O=C1[C@H]2OC[C@@H](O2)[C@H]2ON(c3ccccc3)[C@H](c3ccc(-c4ccc5c(c4)OCO5)cc3)[C@@H]12. The first-order valence-electron chi connectivity index (χ1n) is 11.1. The number of fused-ring (bicyclic) bond motifs is 5. The minimum Gasteiger partial charge on any atom is -0.454 e. The standard InChI is InChI=1S/C26H21NO6/c28-24-22-23(16-8-6-15(7-9-16)17-10-11-19-20(12-17)31-14-30-19)27(18-4-2-1-3-5-18)33-25(22)21-13-29-26(24)32-21/h1-12,21-23,25-26H,13-14H2/t21-,22+,23-,25-,26+/m1/s1. The number of rotatable bonds is 3. The summed E-state index contributed by atoms with van der Waals surface area (Å²) in [4.78, 5) is 19.6. The van der Waals surface area contributed by atoms with E-state index in [0.717, 1.165) is 33.9 Å². The van der Waals surface area contributed by atoms with E-state index in [1.54, 1.807) is 0 Å². The fourth-order valence-electron chi connectivity index (χ4n) is 5.19. The molecule has 4 aliphatic heterocycles. The van der Waals surface area contributed by atoms with Gasteiger partial charge in [0.25, 0.3) is 0 Å². The van der Waals surface area contributed by atoms with Crippen LogP contribution in [-0.2, 0) is 19.1 Å². The van der Waals surface area contributed by atoms with Crippen LogP contribution >= 0.6 is 0 Å². The van der Waals surface area contributed by atoms with Crippen molar-refractivity contribution < 1.29 is 28.6 Å². The fraction of sp³-hybridized carbons (Fsp3) is 0.269. The fourth-order valence-corrected chi connectivity index (χ4v) is 5.19. The Morgan fingerprint density at radius 2 is 1.64 bits per heavy atom. The lowest BCUT2D eigenvalue weighted by molar-refractivity contribution is -0.169. The van der Waals surface area contributed by atoms with Crippen molar-refractivity contribution in [2.45, 2.75) is 24.5 Å². The number of anilines is 1. The number of benzene rings is 3. The van der Waals surface area contributed by atoms with E-state index in [0.29, 0.717) is 6.61 Å². The lowest BCUT2D eigenvalue weighted by atomic mass is 9.82. The second kappa shape index (κ2) is 7.31. The minimum atomic E-state index is -0.800. The molecule has 5 atom stereocenters. The first-order chi connectivity index (χ1) is 16.3. The molecule has 0 aromatic heterocycles. The lowest BCUT2D eigenvalue weighted by Gasteiger charge is -2.29. The Morgan fingerprint density at radius 3 is 2.48 bits per heavy atom. The zero-order chi connectivity index (χ0) is 21.9. The van der Waals surface area contributed by atoms with Gasteiger partial charge in [0.2, 0.25) is 13.1 Å². The van der Waals surface area contributed by atoms with Crippen molar-refractivity contribution in [1.29, 1.82) is 0 Å². The van der Waals surface area contributed by atoms with Crippen LogP contribution in [0.1, 0.15) is 11.6 Å². The first kappa shape index (κ1) is 19.1. The molecule has 3 aromatic rings. The van der Waals surface area contributed by atoms with Crippen LogP contribution in [0.15, 0.2) is 72.8 Å². The number of Topliss-reactive ketones (excluding diaryl/α,β-unsaturated/α-hetero) is 1. The average Bonchev–Trinajstić information content (AvgIpc) is 3.60. The summed E-state index contributed by atoms with van der Waals surface area (Å²) in [5.41, 5.74) is 4.01. The number of nitrogens with zero attached hydrogens (tertiary/aromatic N) is 1. The molecule has 2 bridgehead atoms. The van der Waals surface area contributed by atoms with Crippen molar-refractivity contribution in [3.63, 3.8) is 0 Å². The van der Waals surface area contributed by atoms with Crippen LogP contribution in [0.4, 0.5) is 5.69 Å². The zero-order valence-corrected chi connectivity index (χ0v) is 17.6. The number of hydrogen-bond acceptors (Lipinski definition) is 7. The monoisotopic (exact) mass is 443 g/mol. The Hall–Kier alpha value is -3.39. The molecule has 0 spiro atoms. The van der Waals surface area contributed by atoms with Gasteiger partial charge in [-0.05, 0) is 41.0 Å².